The Hall–Kier alpha value is -2.81. The van der Waals surface area contributed by atoms with Crippen LogP contribution in [0.25, 0.3) is 0 Å². The standard InChI is InChI=1S/C27H44N8O/c1-4-34(5-2)23-16-15-21(18-24(23)36)30-27-32-25(28-19-22-14-11-17-35(22)6-3)31-26(33-27)29-20-12-9-7-8-10-13-20/h15-16,18,20,22,36H,4-14,17,19H2,1-3H3,(H3,28,29,30,31,32,33). The van der Waals surface area contributed by atoms with Crippen LogP contribution in [0.2, 0.25) is 0 Å². The molecule has 1 saturated carbocycles. The van der Waals surface area contributed by atoms with Crippen LogP contribution < -0.4 is 20.9 Å². The minimum atomic E-state index is 0.244. The average Bonchev–Trinajstić information content (AvgIpc) is 3.19. The molecule has 0 radical (unpaired) electrons. The van der Waals surface area contributed by atoms with E-state index in [4.69, 9.17) is 9.97 Å². The Balaban J connectivity index is 1.52. The summed E-state index contributed by atoms with van der Waals surface area (Å²) in [5.74, 6) is 1.89. The Bertz CT molecular complexity index is 959. The summed E-state index contributed by atoms with van der Waals surface area (Å²) in [7, 11) is 0. The second kappa shape index (κ2) is 12.9. The van der Waals surface area contributed by atoms with E-state index in [-0.39, 0.29) is 5.75 Å². The Kier molecular flexibility index (Phi) is 9.44. The Labute approximate surface area is 216 Å². The first kappa shape index (κ1) is 26.3. The molecule has 1 saturated heterocycles. The molecule has 0 spiro atoms. The summed E-state index contributed by atoms with van der Waals surface area (Å²) in [5, 5.41) is 21.0. The highest BCUT2D eigenvalue weighted by Crippen LogP contribution is 2.31. The van der Waals surface area contributed by atoms with E-state index in [9.17, 15) is 5.11 Å². The van der Waals surface area contributed by atoms with Crippen molar-refractivity contribution in [2.75, 3.05) is 53.6 Å². The van der Waals surface area contributed by atoms with E-state index in [1.165, 1.54) is 38.5 Å². The van der Waals surface area contributed by atoms with Crippen molar-refractivity contribution in [3.63, 3.8) is 0 Å². The van der Waals surface area contributed by atoms with Crippen molar-refractivity contribution in [3.05, 3.63) is 18.2 Å². The van der Waals surface area contributed by atoms with Gasteiger partial charge in [-0.3, -0.25) is 4.90 Å². The lowest BCUT2D eigenvalue weighted by Crippen LogP contribution is -2.35. The van der Waals surface area contributed by atoms with Gasteiger partial charge in [0.2, 0.25) is 17.8 Å². The minimum Gasteiger partial charge on any atom is -0.506 e. The number of likely N-dealkylation sites (N-methyl/N-ethyl adjacent to an activating group) is 1. The monoisotopic (exact) mass is 496 g/mol. The molecule has 1 aromatic heterocycles. The number of aromatic nitrogens is 3. The number of nitrogens with one attached hydrogen (secondary N) is 3. The van der Waals surface area contributed by atoms with Crippen molar-refractivity contribution in [2.45, 2.75) is 84.2 Å². The van der Waals surface area contributed by atoms with Crippen LogP contribution in [0.1, 0.15) is 72.1 Å². The van der Waals surface area contributed by atoms with Gasteiger partial charge in [-0.1, -0.05) is 32.6 Å². The first-order valence-corrected chi connectivity index (χ1v) is 13.9. The van der Waals surface area contributed by atoms with Gasteiger partial charge in [0.15, 0.2) is 0 Å². The van der Waals surface area contributed by atoms with E-state index in [0.717, 1.165) is 56.9 Å². The zero-order chi connectivity index (χ0) is 25.3. The molecule has 0 amide bonds. The predicted octanol–water partition coefficient (Wildman–Crippen LogP) is 5.20. The largest absolute Gasteiger partial charge is 0.506 e. The van der Waals surface area contributed by atoms with Crippen molar-refractivity contribution < 1.29 is 5.11 Å². The average molecular weight is 497 g/mol. The molecule has 1 aromatic carbocycles. The topological polar surface area (TPSA) is 101 Å². The molecule has 2 aromatic rings. The SMILES string of the molecule is CCN(CC)c1ccc(Nc2nc(NCC3CCCN3CC)nc(NC3CCCCCC3)n2)cc1O. The predicted molar refractivity (Wildman–Crippen MR) is 149 cm³/mol. The van der Waals surface area contributed by atoms with Crippen molar-refractivity contribution in [1.82, 2.24) is 19.9 Å². The number of hydrogen-bond donors (Lipinski definition) is 4. The van der Waals surface area contributed by atoms with Crippen molar-refractivity contribution in [3.8, 4) is 5.75 Å². The number of aromatic hydroxyl groups is 1. The maximum absolute atomic E-state index is 10.6. The number of phenols is 1. The first-order chi connectivity index (χ1) is 17.6. The van der Waals surface area contributed by atoms with Crippen molar-refractivity contribution in [2.24, 2.45) is 0 Å². The molecule has 1 unspecified atom stereocenters. The molecule has 9 nitrogen and oxygen atoms in total. The third-order valence-corrected chi connectivity index (χ3v) is 7.56. The number of likely N-dealkylation sites (tertiary alicyclic amines) is 1. The molecule has 1 aliphatic carbocycles. The first-order valence-electron chi connectivity index (χ1n) is 13.9. The van der Waals surface area contributed by atoms with Crippen LogP contribution in [0, 0.1) is 0 Å². The molecular weight excluding hydrogens is 452 g/mol. The summed E-state index contributed by atoms with van der Waals surface area (Å²) >= 11 is 0. The molecule has 2 heterocycles. The number of hydrogen-bond acceptors (Lipinski definition) is 9. The van der Waals surface area contributed by atoms with Gasteiger partial charge < -0.3 is 26.0 Å². The maximum atomic E-state index is 10.6. The van der Waals surface area contributed by atoms with E-state index in [1.54, 1.807) is 6.07 Å². The quantitative estimate of drug-likeness (QED) is 0.313. The van der Waals surface area contributed by atoms with E-state index < -0.39 is 0 Å². The van der Waals surface area contributed by atoms with Crippen LogP contribution in [0.3, 0.4) is 0 Å². The number of rotatable bonds is 11. The molecule has 4 rings (SSSR count). The number of benzene rings is 1. The van der Waals surface area contributed by atoms with Crippen LogP contribution in [0.5, 0.6) is 5.75 Å². The fourth-order valence-corrected chi connectivity index (χ4v) is 5.50. The molecule has 1 atom stereocenters. The van der Waals surface area contributed by atoms with Gasteiger partial charge in [0.1, 0.15) is 5.75 Å². The molecule has 2 fully saturated rings. The lowest BCUT2D eigenvalue weighted by Gasteiger charge is -2.23. The van der Waals surface area contributed by atoms with Crippen LogP contribution in [-0.2, 0) is 0 Å². The van der Waals surface area contributed by atoms with Gasteiger partial charge in [-0.15, -0.1) is 0 Å². The normalized spacial score (nSPS) is 19.1. The number of nitrogens with zero attached hydrogens (tertiary/aromatic N) is 5. The lowest BCUT2D eigenvalue weighted by molar-refractivity contribution is 0.277. The van der Waals surface area contributed by atoms with Crippen LogP contribution >= 0.6 is 0 Å². The van der Waals surface area contributed by atoms with Crippen LogP contribution in [0.15, 0.2) is 18.2 Å². The van der Waals surface area contributed by atoms with Gasteiger partial charge in [0, 0.05) is 43.5 Å². The fourth-order valence-electron chi connectivity index (χ4n) is 5.50. The molecule has 1 aliphatic heterocycles. The van der Waals surface area contributed by atoms with Crippen molar-refractivity contribution in [1.29, 1.82) is 0 Å². The lowest BCUT2D eigenvalue weighted by atomic mass is 10.1. The van der Waals surface area contributed by atoms with Gasteiger partial charge in [0.05, 0.1) is 5.69 Å². The third kappa shape index (κ3) is 6.90. The maximum Gasteiger partial charge on any atom is 0.233 e. The Morgan fingerprint density at radius 3 is 2.33 bits per heavy atom. The van der Waals surface area contributed by atoms with E-state index in [1.807, 2.05) is 12.1 Å². The number of anilines is 5. The summed E-state index contributed by atoms with van der Waals surface area (Å²) in [6, 6.07) is 6.53. The third-order valence-electron chi connectivity index (χ3n) is 7.56. The van der Waals surface area contributed by atoms with Gasteiger partial charge >= 0.3 is 0 Å². The molecule has 36 heavy (non-hydrogen) atoms. The smallest absolute Gasteiger partial charge is 0.233 e. The van der Waals surface area contributed by atoms with Crippen LogP contribution in [0.4, 0.5) is 29.2 Å². The second-order valence-corrected chi connectivity index (χ2v) is 9.95. The fraction of sp³-hybridized carbons (Fsp3) is 0.667. The molecule has 4 N–H and O–H groups in total. The summed E-state index contributed by atoms with van der Waals surface area (Å²) < 4.78 is 0. The second-order valence-electron chi connectivity index (χ2n) is 9.95. The Morgan fingerprint density at radius 2 is 1.64 bits per heavy atom. The molecule has 0 bridgehead atoms. The van der Waals surface area contributed by atoms with Crippen LogP contribution in [-0.4, -0.2) is 69.8 Å². The highest BCUT2D eigenvalue weighted by Gasteiger charge is 2.23. The summed E-state index contributed by atoms with van der Waals surface area (Å²) in [5.41, 5.74) is 1.57. The van der Waals surface area contributed by atoms with E-state index >= 15 is 0 Å². The van der Waals surface area contributed by atoms with E-state index in [0.29, 0.717) is 29.9 Å². The summed E-state index contributed by atoms with van der Waals surface area (Å²) in [6.45, 7) is 11.1. The Morgan fingerprint density at radius 1 is 0.917 bits per heavy atom. The molecular formula is C27H44N8O. The van der Waals surface area contributed by atoms with Gasteiger partial charge in [-0.25, -0.2) is 0 Å². The van der Waals surface area contributed by atoms with Gasteiger partial charge in [-0.2, -0.15) is 15.0 Å². The minimum absolute atomic E-state index is 0.244. The van der Waals surface area contributed by atoms with E-state index in [2.05, 4.69) is 51.5 Å². The van der Waals surface area contributed by atoms with Gasteiger partial charge in [-0.05, 0) is 64.8 Å². The molecule has 9 heteroatoms. The highest BCUT2D eigenvalue weighted by atomic mass is 16.3. The zero-order valence-corrected chi connectivity index (χ0v) is 22.3. The number of phenolic OH excluding ortho intramolecular Hbond substituents is 1. The summed E-state index contributed by atoms with van der Waals surface area (Å²) in [6.07, 6.45) is 9.82. The highest BCUT2D eigenvalue weighted by molar-refractivity contribution is 5.67. The zero-order valence-electron chi connectivity index (χ0n) is 22.3. The molecule has 2 aliphatic rings. The molecule has 198 valence electrons. The summed E-state index contributed by atoms with van der Waals surface area (Å²) in [4.78, 5) is 18.7. The van der Waals surface area contributed by atoms with Gasteiger partial charge in [0.25, 0.3) is 0 Å². The van der Waals surface area contributed by atoms with Crippen molar-refractivity contribution >= 4 is 29.2 Å².